The molecule has 1 saturated carbocycles. The Morgan fingerprint density at radius 3 is 2.70 bits per heavy atom. The number of aliphatic hydroxyl groups is 1. The first-order valence-corrected chi connectivity index (χ1v) is 7.18. The van der Waals surface area contributed by atoms with Crippen molar-refractivity contribution in [3.05, 3.63) is 29.8 Å². The molecular weight excluding hydrogens is 252 g/mol. The van der Waals surface area contributed by atoms with E-state index in [2.05, 4.69) is 18.0 Å². The van der Waals surface area contributed by atoms with Crippen LogP contribution in [0, 0.1) is 17.2 Å². The van der Waals surface area contributed by atoms with Gasteiger partial charge in [0.15, 0.2) is 0 Å². The molecular formula is C16H22N2O2. The molecule has 4 heteroatoms. The van der Waals surface area contributed by atoms with Gasteiger partial charge in [0.2, 0.25) is 0 Å². The van der Waals surface area contributed by atoms with Crippen LogP contribution in [0.1, 0.15) is 24.8 Å². The zero-order valence-corrected chi connectivity index (χ0v) is 12.0. The molecule has 20 heavy (non-hydrogen) atoms. The number of aliphatic hydroxyl groups excluding tert-OH is 1. The maximum atomic E-state index is 9.81. The Kier molecular flexibility index (Phi) is 5.40. The SMILES string of the molecule is CN(CCOc1ccc(C#N)cc1)CC1CCCC1O. The molecule has 1 aliphatic carbocycles. The molecule has 0 aliphatic heterocycles. The molecule has 0 amide bonds. The molecule has 0 radical (unpaired) electrons. The Labute approximate surface area is 120 Å². The zero-order valence-electron chi connectivity index (χ0n) is 12.0. The molecule has 4 nitrogen and oxygen atoms in total. The van der Waals surface area contributed by atoms with Crippen LogP contribution < -0.4 is 4.74 Å². The van der Waals surface area contributed by atoms with Gasteiger partial charge in [0.05, 0.1) is 17.7 Å². The van der Waals surface area contributed by atoms with Crippen molar-refractivity contribution in [1.29, 1.82) is 5.26 Å². The minimum absolute atomic E-state index is 0.128. The summed E-state index contributed by atoms with van der Waals surface area (Å²) in [6.45, 7) is 2.38. The minimum Gasteiger partial charge on any atom is -0.492 e. The average Bonchev–Trinajstić information content (AvgIpc) is 2.85. The molecule has 0 heterocycles. The molecule has 2 rings (SSSR count). The Bertz CT molecular complexity index is 453. The van der Waals surface area contributed by atoms with Gasteiger partial charge in [-0.1, -0.05) is 6.42 Å². The minimum atomic E-state index is -0.128. The number of benzene rings is 1. The third-order valence-electron chi connectivity index (χ3n) is 3.89. The molecule has 0 saturated heterocycles. The summed E-state index contributed by atoms with van der Waals surface area (Å²) in [6.07, 6.45) is 3.08. The molecule has 0 spiro atoms. The second-order valence-corrected chi connectivity index (χ2v) is 5.51. The van der Waals surface area contributed by atoms with E-state index < -0.39 is 0 Å². The van der Waals surface area contributed by atoms with E-state index in [1.54, 1.807) is 12.1 Å². The molecule has 108 valence electrons. The van der Waals surface area contributed by atoms with Gasteiger partial charge in [-0.15, -0.1) is 0 Å². The third kappa shape index (κ3) is 4.22. The molecule has 1 aromatic rings. The summed E-state index contributed by atoms with van der Waals surface area (Å²) >= 11 is 0. The summed E-state index contributed by atoms with van der Waals surface area (Å²) < 4.78 is 5.65. The van der Waals surface area contributed by atoms with Crippen LogP contribution in [-0.4, -0.2) is 42.9 Å². The lowest BCUT2D eigenvalue weighted by Crippen LogP contribution is -2.32. The van der Waals surface area contributed by atoms with Gasteiger partial charge in [0, 0.05) is 13.1 Å². The Hall–Kier alpha value is -1.57. The maximum Gasteiger partial charge on any atom is 0.119 e. The highest BCUT2D eigenvalue weighted by Gasteiger charge is 2.25. The largest absolute Gasteiger partial charge is 0.492 e. The fraction of sp³-hybridized carbons (Fsp3) is 0.562. The number of rotatable bonds is 6. The van der Waals surface area contributed by atoms with Crippen LogP contribution in [0.15, 0.2) is 24.3 Å². The van der Waals surface area contributed by atoms with Crippen molar-refractivity contribution in [2.24, 2.45) is 5.92 Å². The topological polar surface area (TPSA) is 56.5 Å². The highest BCUT2D eigenvalue weighted by Crippen LogP contribution is 2.25. The monoisotopic (exact) mass is 274 g/mol. The Morgan fingerprint density at radius 2 is 2.10 bits per heavy atom. The van der Waals surface area contributed by atoms with Gasteiger partial charge in [-0.25, -0.2) is 0 Å². The van der Waals surface area contributed by atoms with E-state index in [1.807, 2.05) is 12.1 Å². The number of nitrogens with zero attached hydrogens (tertiary/aromatic N) is 2. The van der Waals surface area contributed by atoms with E-state index in [9.17, 15) is 5.11 Å². The van der Waals surface area contributed by atoms with Crippen molar-refractivity contribution in [3.63, 3.8) is 0 Å². The standard InChI is InChI=1S/C16H22N2O2/c1-18(12-14-3-2-4-16(14)19)9-10-20-15-7-5-13(11-17)6-8-15/h5-8,14,16,19H,2-4,9-10,12H2,1H3. The van der Waals surface area contributed by atoms with E-state index >= 15 is 0 Å². The van der Waals surface area contributed by atoms with Crippen LogP contribution in [0.5, 0.6) is 5.75 Å². The molecule has 1 aliphatic rings. The number of hydrogen-bond donors (Lipinski definition) is 1. The summed E-state index contributed by atoms with van der Waals surface area (Å²) in [6, 6.07) is 9.24. The predicted octanol–water partition coefficient (Wildman–Crippen LogP) is 2.03. The number of ether oxygens (including phenoxy) is 1. The van der Waals surface area contributed by atoms with Gasteiger partial charge in [0.1, 0.15) is 12.4 Å². The van der Waals surface area contributed by atoms with Crippen LogP contribution in [0.3, 0.4) is 0 Å². The van der Waals surface area contributed by atoms with Gasteiger partial charge >= 0.3 is 0 Å². The molecule has 2 unspecified atom stereocenters. The van der Waals surface area contributed by atoms with Crippen LogP contribution >= 0.6 is 0 Å². The Morgan fingerprint density at radius 1 is 1.35 bits per heavy atom. The van der Waals surface area contributed by atoms with Crippen molar-refractivity contribution in [3.8, 4) is 11.8 Å². The van der Waals surface area contributed by atoms with Crippen LogP contribution in [0.25, 0.3) is 0 Å². The Balaban J connectivity index is 1.68. The van der Waals surface area contributed by atoms with Crippen molar-refractivity contribution >= 4 is 0 Å². The molecule has 2 atom stereocenters. The molecule has 1 N–H and O–H groups in total. The summed E-state index contributed by atoms with van der Waals surface area (Å²) in [5.74, 6) is 1.20. The molecule has 1 fully saturated rings. The lowest BCUT2D eigenvalue weighted by Gasteiger charge is -2.23. The number of likely N-dealkylation sites (N-methyl/N-ethyl adjacent to an activating group) is 1. The summed E-state index contributed by atoms with van der Waals surface area (Å²) in [5, 5.41) is 18.5. The first-order chi connectivity index (χ1) is 9.69. The first kappa shape index (κ1) is 14.8. The molecule has 0 bridgehead atoms. The third-order valence-corrected chi connectivity index (χ3v) is 3.89. The quantitative estimate of drug-likeness (QED) is 0.862. The maximum absolute atomic E-state index is 9.81. The summed E-state index contributed by atoms with van der Waals surface area (Å²) in [4.78, 5) is 2.21. The van der Waals surface area contributed by atoms with Crippen molar-refractivity contribution in [2.45, 2.75) is 25.4 Å². The second kappa shape index (κ2) is 7.28. The van der Waals surface area contributed by atoms with Crippen LogP contribution in [0.4, 0.5) is 0 Å². The van der Waals surface area contributed by atoms with Gasteiger partial charge in [-0.2, -0.15) is 5.26 Å². The van der Waals surface area contributed by atoms with Crippen LogP contribution in [-0.2, 0) is 0 Å². The van der Waals surface area contributed by atoms with Crippen molar-refractivity contribution < 1.29 is 9.84 Å². The lowest BCUT2D eigenvalue weighted by atomic mass is 10.1. The number of nitriles is 1. The fourth-order valence-electron chi connectivity index (χ4n) is 2.67. The summed E-state index contributed by atoms with van der Waals surface area (Å²) in [5.41, 5.74) is 0.643. The highest BCUT2D eigenvalue weighted by atomic mass is 16.5. The first-order valence-electron chi connectivity index (χ1n) is 7.18. The summed E-state index contributed by atoms with van der Waals surface area (Å²) in [7, 11) is 2.06. The normalized spacial score (nSPS) is 21.9. The van der Waals surface area contributed by atoms with Crippen molar-refractivity contribution in [1.82, 2.24) is 4.90 Å². The number of hydrogen-bond acceptors (Lipinski definition) is 4. The van der Waals surface area contributed by atoms with Gasteiger partial charge in [-0.3, -0.25) is 0 Å². The fourth-order valence-corrected chi connectivity index (χ4v) is 2.67. The van der Waals surface area contributed by atoms with E-state index in [1.165, 1.54) is 0 Å². The van der Waals surface area contributed by atoms with E-state index in [4.69, 9.17) is 10.00 Å². The van der Waals surface area contributed by atoms with Crippen molar-refractivity contribution in [2.75, 3.05) is 26.7 Å². The predicted molar refractivity (Wildman–Crippen MR) is 77.5 cm³/mol. The van der Waals surface area contributed by atoms with E-state index in [0.29, 0.717) is 18.1 Å². The van der Waals surface area contributed by atoms with Gasteiger partial charge < -0.3 is 14.7 Å². The second-order valence-electron chi connectivity index (χ2n) is 5.51. The van der Waals surface area contributed by atoms with Gasteiger partial charge in [-0.05, 0) is 50.1 Å². The molecule has 0 aromatic heterocycles. The van der Waals surface area contributed by atoms with Gasteiger partial charge in [0.25, 0.3) is 0 Å². The zero-order chi connectivity index (χ0) is 14.4. The smallest absolute Gasteiger partial charge is 0.119 e. The lowest BCUT2D eigenvalue weighted by molar-refractivity contribution is 0.105. The highest BCUT2D eigenvalue weighted by molar-refractivity contribution is 5.34. The molecule has 1 aromatic carbocycles. The van der Waals surface area contributed by atoms with E-state index in [-0.39, 0.29) is 6.10 Å². The van der Waals surface area contributed by atoms with Crippen LogP contribution in [0.2, 0.25) is 0 Å². The van der Waals surface area contributed by atoms with E-state index in [0.717, 1.165) is 38.1 Å². The average molecular weight is 274 g/mol.